The van der Waals surface area contributed by atoms with Crippen LogP contribution in [-0.4, -0.2) is 74.2 Å². The van der Waals surface area contributed by atoms with Crippen molar-refractivity contribution < 1.29 is 22.8 Å². The van der Waals surface area contributed by atoms with E-state index in [2.05, 4.69) is 10.0 Å². The summed E-state index contributed by atoms with van der Waals surface area (Å²) in [5.41, 5.74) is 0. The summed E-state index contributed by atoms with van der Waals surface area (Å²) < 4.78 is 29.3. The fraction of sp³-hybridized carbons (Fsp3) is 0.522. The van der Waals surface area contributed by atoms with Crippen molar-refractivity contribution in [1.82, 2.24) is 19.8 Å². The van der Waals surface area contributed by atoms with Crippen LogP contribution in [0, 0.1) is 0 Å². The third kappa shape index (κ3) is 6.28. The van der Waals surface area contributed by atoms with Crippen molar-refractivity contribution in [3.05, 3.63) is 28.6 Å². The van der Waals surface area contributed by atoms with Gasteiger partial charge in [0.15, 0.2) is 0 Å². The van der Waals surface area contributed by atoms with Gasteiger partial charge < -0.3 is 15.1 Å². The van der Waals surface area contributed by atoms with Crippen molar-refractivity contribution in [2.45, 2.75) is 55.3 Å². The molecule has 13 heteroatoms. The Bertz CT molecular complexity index is 1230. The Labute approximate surface area is 223 Å². The van der Waals surface area contributed by atoms with Crippen LogP contribution in [0.4, 0.5) is 0 Å². The molecule has 2 saturated heterocycles. The van der Waals surface area contributed by atoms with Crippen LogP contribution in [0.2, 0.25) is 4.34 Å². The van der Waals surface area contributed by atoms with E-state index in [-0.39, 0.29) is 28.6 Å². The van der Waals surface area contributed by atoms with Gasteiger partial charge >= 0.3 is 0 Å². The Morgan fingerprint density at radius 2 is 1.81 bits per heavy atom. The summed E-state index contributed by atoms with van der Waals surface area (Å²) in [7, 11) is -3.91. The van der Waals surface area contributed by atoms with Gasteiger partial charge in [-0.05, 0) is 49.9 Å². The SMILES string of the molecule is CCC(=O)NC[C@@H]1CCCN1C(=O)CN1CCCC(NS(=O)(=O)c2ccc(-c3ccc(Cl)s3)s2)C1=O. The van der Waals surface area contributed by atoms with E-state index < -0.39 is 22.0 Å². The molecule has 3 amide bonds. The summed E-state index contributed by atoms with van der Waals surface area (Å²) in [5, 5.41) is 2.84. The molecule has 2 fully saturated rings. The minimum absolute atomic E-state index is 0.0623. The Hall–Kier alpha value is -1.99. The number of carbonyl (C=O) groups excluding carboxylic acids is 3. The number of thiophene rings is 2. The van der Waals surface area contributed by atoms with Crippen molar-refractivity contribution in [2.24, 2.45) is 0 Å². The van der Waals surface area contributed by atoms with Gasteiger partial charge in [0.2, 0.25) is 17.7 Å². The van der Waals surface area contributed by atoms with Crippen LogP contribution in [0.1, 0.15) is 39.0 Å². The molecule has 2 atom stereocenters. The second-order valence-corrected chi connectivity index (χ2v) is 13.6. The number of hydrogen-bond acceptors (Lipinski definition) is 7. The molecule has 4 heterocycles. The molecule has 2 aliphatic rings. The molecule has 0 aliphatic carbocycles. The zero-order valence-electron chi connectivity index (χ0n) is 19.9. The third-order valence-corrected chi connectivity index (χ3v) is 10.8. The number of hydrogen-bond donors (Lipinski definition) is 2. The average Bonchev–Trinajstić information content (AvgIpc) is 3.60. The number of rotatable bonds is 9. The predicted octanol–water partition coefficient (Wildman–Crippen LogP) is 2.92. The van der Waals surface area contributed by atoms with Crippen molar-refractivity contribution in [2.75, 3.05) is 26.2 Å². The van der Waals surface area contributed by atoms with Crippen molar-refractivity contribution in [3.8, 4) is 9.75 Å². The topological polar surface area (TPSA) is 116 Å². The van der Waals surface area contributed by atoms with E-state index in [4.69, 9.17) is 11.6 Å². The second-order valence-electron chi connectivity index (χ2n) is 8.84. The Balaban J connectivity index is 1.37. The molecule has 0 bridgehead atoms. The van der Waals surface area contributed by atoms with Gasteiger partial charge in [-0.3, -0.25) is 14.4 Å². The van der Waals surface area contributed by atoms with E-state index >= 15 is 0 Å². The smallest absolute Gasteiger partial charge is 0.250 e. The lowest BCUT2D eigenvalue weighted by Gasteiger charge is -2.34. The highest BCUT2D eigenvalue weighted by Gasteiger charge is 2.36. The molecule has 1 unspecified atom stereocenters. The Morgan fingerprint density at radius 1 is 1.08 bits per heavy atom. The molecule has 2 aliphatic heterocycles. The Morgan fingerprint density at radius 3 is 2.53 bits per heavy atom. The van der Waals surface area contributed by atoms with Gasteiger partial charge in [0.1, 0.15) is 10.3 Å². The molecular weight excluding hydrogens is 544 g/mol. The number of nitrogens with one attached hydrogen (secondary N) is 2. The third-order valence-electron chi connectivity index (χ3n) is 6.37. The van der Waals surface area contributed by atoms with Gasteiger partial charge in [0.05, 0.1) is 10.9 Å². The normalized spacial score (nSPS) is 20.7. The van der Waals surface area contributed by atoms with Crippen LogP contribution < -0.4 is 10.0 Å². The summed E-state index contributed by atoms with van der Waals surface area (Å²) in [6.07, 6.45) is 2.99. The molecule has 2 N–H and O–H groups in total. The van der Waals surface area contributed by atoms with Crippen LogP contribution in [0.15, 0.2) is 28.5 Å². The first-order valence-corrected chi connectivity index (χ1v) is 15.4. The van der Waals surface area contributed by atoms with Crippen molar-refractivity contribution in [3.63, 3.8) is 0 Å². The fourth-order valence-corrected chi connectivity index (χ4v) is 8.16. The van der Waals surface area contributed by atoms with Crippen LogP contribution >= 0.6 is 34.3 Å². The number of carbonyl (C=O) groups is 3. The van der Waals surface area contributed by atoms with Crippen molar-refractivity contribution in [1.29, 1.82) is 0 Å². The molecule has 2 aromatic heterocycles. The first-order valence-electron chi connectivity index (χ1n) is 11.9. The van der Waals surface area contributed by atoms with Crippen LogP contribution in [-0.2, 0) is 24.4 Å². The minimum atomic E-state index is -3.91. The maximum Gasteiger partial charge on any atom is 0.250 e. The van der Waals surface area contributed by atoms with E-state index in [0.717, 1.165) is 33.9 Å². The first kappa shape index (κ1) is 27.1. The van der Waals surface area contributed by atoms with Crippen LogP contribution in [0.5, 0.6) is 0 Å². The second kappa shape index (κ2) is 11.6. The lowest BCUT2D eigenvalue weighted by molar-refractivity contribution is -0.143. The zero-order chi connectivity index (χ0) is 25.9. The molecule has 196 valence electrons. The summed E-state index contributed by atoms with van der Waals surface area (Å²) in [4.78, 5) is 42.5. The number of amides is 3. The molecule has 36 heavy (non-hydrogen) atoms. The van der Waals surface area contributed by atoms with E-state index in [9.17, 15) is 22.8 Å². The zero-order valence-corrected chi connectivity index (χ0v) is 23.1. The van der Waals surface area contributed by atoms with Gasteiger partial charge in [0, 0.05) is 41.9 Å². The number of likely N-dealkylation sites (tertiary alicyclic amines) is 2. The highest BCUT2D eigenvalue weighted by atomic mass is 35.5. The minimum Gasteiger partial charge on any atom is -0.354 e. The van der Waals surface area contributed by atoms with Gasteiger partial charge in [-0.2, -0.15) is 4.72 Å². The fourth-order valence-electron chi connectivity index (χ4n) is 4.48. The quantitative estimate of drug-likeness (QED) is 0.479. The summed E-state index contributed by atoms with van der Waals surface area (Å²) in [6, 6.07) is 5.84. The molecule has 0 radical (unpaired) electrons. The van der Waals surface area contributed by atoms with E-state index in [0.29, 0.717) is 43.2 Å². The van der Waals surface area contributed by atoms with Gasteiger partial charge in [-0.1, -0.05) is 18.5 Å². The summed E-state index contributed by atoms with van der Waals surface area (Å²) in [5.74, 6) is -0.639. The molecule has 0 aromatic carbocycles. The lowest BCUT2D eigenvalue weighted by atomic mass is 10.1. The maximum absolute atomic E-state index is 13.1. The number of piperidine rings is 1. The number of halogens is 1. The van der Waals surface area contributed by atoms with Crippen LogP contribution in [0.3, 0.4) is 0 Å². The number of sulfonamides is 1. The van der Waals surface area contributed by atoms with E-state index in [1.807, 2.05) is 6.07 Å². The monoisotopic (exact) mass is 572 g/mol. The number of nitrogens with zero attached hydrogens (tertiary/aromatic N) is 2. The van der Waals surface area contributed by atoms with E-state index in [1.54, 1.807) is 24.0 Å². The van der Waals surface area contributed by atoms with E-state index in [1.165, 1.54) is 22.3 Å². The largest absolute Gasteiger partial charge is 0.354 e. The first-order chi connectivity index (χ1) is 17.2. The molecule has 9 nitrogen and oxygen atoms in total. The van der Waals surface area contributed by atoms with Gasteiger partial charge in [0.25, 0.3) is 10.0 Å². The van der Waals surface area contributed by atoms with Crippen LogP contribution in [0.25, 0.3) is 9.75 Å². The Kier molecular flexibility index (Phi) is 8.71. The highest BCUT2D eigenvalue weighted by Crippen LogP contribution is 2.37. The molecule has 4 rings (SSSR count). The lowest BCUT2D eigenvalue weighted by Crippen LogP contribution is -2.55. The van der Waals surface area contributed by atoms with Crippen molar-refractivity contribution >= 4 is 62.0 Å². The average molecular weight is 573 g/mol. The summed E-state index contributed by atoms with van der Waals surface area (Å²) >= 11 is 8.48. The summed E-state index contributed by atoms with van der Waals surface area (Å²) in [6.45, 7) is 3.05. The van der Waals surface area contributed by atoms with Gasteiger partial charge in [-0.25, -0.2) is 8.42 Å². The molecule has 0 saturated carbocycles. The highest BCUT2D eigenvalue weighted by molar-refractivity contribution is 7.91. The molecule has 0 spiro atoms. The molecule has 2 aromatic rings. The standard InChI is InChI=1S/C23H29ClN4O5S3/c1-2-20(29)25-13-15-5-3-12-28(15)21(30)14-27-11-4-6-16(23(27)31)26-36(32,33)22-10-8-18(35-22)17-7-9-19(24)34-17/h7-10,15-16,26H,2-6,11-14H2,1H3,(H,25,29)/t15-,16?/m0/s1. The predicted molar refractivity (Wildman–Crippen MR) is 141 cm³/mol. The molecular formula is C23H29ClN4O5S3. The van der Waals surface area contributed by atoms with Gasteiger partial charge in [-0.15, -0.1) is 22.7 Å². The maximum atomic E-state index is 13.1.